The lowest BCUT2D eigenvalue weighted by molar-refractivity contribution is 0.0713. The van der Waals surface area contributed by atoms with Gasteiger partial charge in [0.2, 0.25) is 0 Å². The van der Waals surface area contributed by atoms with Crippen LogP contribution in [0.4, 0.5) is 4.79 Å². The van der Waals surface area contributed by atoms with Crippen molar-refractivity contribution in [3.8, 4) is 0 Å². The maximum Gasteiger partial charge on any atom is 0.408 e. The zero-order valence-electron chi connectivity index (χ0n) is 10.3. The first-order valence-corrected chi connectivity index (χ1v) is 5.70. The van der Waals surface area contributed by atoms with Crippen molar-refractivity contribution in [2.75, 3.05) is 13.2 Å². The Labute approximate surface area is 97.0 Å². The second-order valence-electron chi connectivity index (χ2n) is 4.94. The molecule has 16 heavy (non-hydrogen) atoms. The van der Waals surface area contributed by atoms with Gasteiger partial charge in [0.25, 0.3) is 0 Å². The third-order valence-corrected chi connectivity index (χ3v) is 2.06. The summed E-state index contributed by atoms with van der Waals surface area (Å²) in [4.78, 5) is 11.5. The lowest BCUT2D eigenvalue weighted by atomic mass is 10.1. The van der Waals surface area contributed by atoms with Gasteiger partial charge in [0.1, 0.15) is 6.10 Å². The van der Waals surface area contributed by atoms with Gasteiger partial charge in [-0.25, -0.2) is 4.79 Å². The highest BCUT2D eigenvalue weighted by atomic mass is 16.6. The van der Waals surface area contributed by atoms with E-state index in [1.54, 1.807) is 0 Å². The summed E-state index contributed by atoms with van der Waals surface area (Å²) in [5.41, 5.74) is -0.265. The maximum atomic E-state index is 11.5. The Morgan fingerprint density at radius 2 is 2.19 bits per heavy atom. The first-order chi connectivity index (χ1) is 7.47. The molecular weight excluding hydrogens is 206 g/mol. The van der Waals surface area contributed by atoms with E-state index in [-0.39, 0.29) is 17.7 Å². The first kappa shape index (κ1) is 13.0. The molecule has 1 rings (SSSR count). The fourth-order valence-electron chi connectivity index (χ4n) is 1.37. The molecule has 1 aliphatic heterocycles. The van der Waals surface area contributed by atoms with Gasteiger partial charge < -0.3 is 14.8 Å². The topological polar surface area (TPSA) is 47.6 Å². The number of carbonyl (C=O) groups excluding carboxylic acids is 1. The lowest BCUT2D eigenvalue weighted by Gasteiger charge is -2.23. The van der Waals surface area contributed by atoms with E-state index >= 15 is 0 Å². The van der Waals surface area contributed by atoms with Crippen LogP contribution in [0.5, 0.6) is 0 Å². The average molecular weight is 227 g/mol. The third kappa shape index (κ3) is 5.75. The number of hydrogen-bond donors (Lipinski definition) is 1. The predicted molar refractivity (Wildman–Crippen MR) is 62.4 cm³/mol. The predicted octanol–water partition coefficient (Wildman–Crippen LogP) is 2.25. The molecule has 1 N–H and O–H groups in total. The minimum atomic E-state index is -0.372. The van der Waals surface area contributed by atoms with Crippen LogP contribution in [-0.4, -0.2) is 30.9 Å². The van der Waals surface area contributed by atoms with Crippen molar-refractivity contribution in [3.63, 3.8) is 0 Å². The van der Waals surface area contributed by atoms with Gasteiger partial charge in [-0.3, -0.25) is 0 Å². The molecule has 1 amide bonds. The highest BCUT2D eigenvalue weighted by Crippen LogP contribution is 2.07. The molecule has 0 spiro atoms. The summed E-state index contributed by atoms with van der Waals surface area (Å²) >= 11 is 0. The van der Waals surface area contributed by atoms with E-state index in [1.807, 2.05) is 32.9 Å². The molecule has 4 heteroatoms. The maximum absolute atomic E-state index is 11.5. The van der Waals surface area contributed by atoms with Crippen molar-refractivity contribution in [2.45, 2.75) is 45.3 Å². The molecule has 1 atom stereocenters. The molecular formula is C12H21NO3. The van der Waals surface area contributed by atoms with E-state index in [4.69, 9.17) is 9.47 Å². The Morgan fingerprint density at radius 3 is 2.88 bits per heavy atom. The Balaban J connectivity index is 2.39. The number of hydrogen-bond acceptors (Lipinski definition) is 3. The zero-order valence-corrected chi connectivity index (χ0v) is 10.3. The second kappa shape index (κ2) is 5.89. The minimum absolute atomic E-state index is 0.178. The van der Waals surface area contributed by atoms with Crippen LogP contribution in [0.1, 0.15) is 33.6 Å². The number of rotatable bonds is 1. The van der Waals surface area contributed by atoms with E-state index in [9.17, 15) is 4.79 Å². The van der Waals surface area contributed by atoms with Crippen molar-refractivity contribution < 1.29 is 14.3 Å². The zero-order chi connectivity index (χ0) is 12.0. The summed E-state index contributed by atoms with van der Waals surface area (Å²) in [6, 6.07) is 0. The largest absolute Gasteiger partial charge is 0.442 e. The normalized spacial score (nSPS) is 24.1. The minimum Gasteiger partial charge on any atom is -0.442 e. The fraction of sp³-hybridized carbons (Fsp3) is 0.750. The van der Waals surface area contributed by atoms with E-state index in [2.05, 4.69) is 5.32 Å². The monoisotopic (exact) mass is 227 g/mol. The van der Waals surface area contributed by atoms with E-state index in [0.29, 0.717) is 13.0 Å². The molecule has 4 nitrogen and oxygen atoms in total. The SMILES string of the molecule is CC(C)(C)NC(=O)OC1/C=C/CCOCC1. The number of amides is 1. The summed E-state index contributed by atoms with van der Waals surface area (Å²) in [6.07, 6.45) is 4.97. The van der Waals surface area contributed by atoms with E-state index < -0.39 is 0 Å². The van der Waals surface area contributed by atoms with Gasteiger partial charge in [-0.2, -0.15) is 0 Å². The van der Waals surface area contributed by atoms with Crippen molar-refractivity contribution in [1.82, 2.24) is 5.32 Å². The van der Waals surface area contributed by atoms with Crippen molar-refractivity contribution in [2.24, 2.45) is 0 Å². The van der Waals surface area contributed by atoms with Crippen LogP contribution in [-0.2, 0) is 9.47 Å². The summed E-state index contributed by atoms with van der Waals surface area (Å²) in [7, 11) is 0. The molecule has 1 aliphatic rings. The summed E-state index contributed by atoms with van der Waals surface area (Å²) in [5.74, 6) is 0. The number of carbonyl (C=O) groups is 1. The standard InChI is InChI=1S/C12H21NO3/c1-12(2,3)13-11(14)16-10-6-4-5-8-15-9-7-10/h4,6,10H,5,7-9H2,1-3H3,(H,13,14)/b6-4+. The molecule has 0 bridgehead atoms. The Bertz CT molecular complexity index is 255. The molecule has 0 aromatic carbocycles. The van der Waals surface area contributed by atoms with Crippen LogP contribution in [0.3, 0.4) is 0 Å². The highest BCUT2D eigenvalue weighted by molar-refractivity contribution is 5.68. The van der Waals surface area contributed by atoms with Crippen molar-refractivity contribution in [1.29, 1.82) is 0 Å². The van der Waals surface area contributed by atoms with Crippen LogP contribution in [0.25, 0.3) is 0 Å². The number of ether oxygens (including phenoxy) is 2. The first-order valence-electron chi connectivity index (χ1n) is 5.70. The van der Waals surface area contributed by atoms with Crippen LogP contribution >= 0.6 is 0 Å². The molecule has 0 aromatic heterocycles. The molecule has 1 unspecified atom stereocenters. The van der Waals surface area contributed by atoms with Gasteiger partial charge >= 0.3 is 6.09 Å². The quantitative estimate of drug-likeness (QED) is 0.699. The molecule has 0 fully saturated rings. The van der Waals surface area contributed by atoms with E-state index in [0.717, 1.165) is 13.0 Å². The second-order valence-corrected chi connectivity index (χ2v) is 4.94. The smallest absolute Gasteiger partial charge is 0.408 e. The lowest BCUT2D eigenvalue weighted by Crippen LogP contribution is -2.42. The Kier molecular flexibility index (Phi) is 4.80. The van der Waals surface area contributed by atoms with Gasteiger partial charge in [0.05, 0.1) is 13.2 Å². The van der Waals surface area contributed by atoms with Gasteiger partial charge in [-0.05, 0) is 33.3 Å². The Hall–Kier alpha value is -1.03. The molecule has 0 saturated heterocycles. The molecule has 0 radical (unpaired) electrons. The van der Waals surface area contributed by atoms with Crippen LogP contribution < -0.4 is 5.32 Å². The Morgan fingerprint density at radius 1 is 1.44 bits per heavy atom. The van der Waals surface area contributed by atoms with Crippen molar-refractivity contribution >= 4 is 6.09 Å². The summed E-state index contributed by atoms with van der Waals surface area (Å²) in [6.45, 7) is 7.15. The molecule has 0 aromatic rings. The molecule has 1 heterocycles. The molecule has 92 valence electrons. The molecule has 0 saturated carbocycles. The van der Waals surface area contributed by atoms with Gasteiger partial charge in [0, 0.05) is 12.0 Å². The average Bonchev–Trinajstić information content (AvgIpc) is 2.06. The highest BCUT2D eigenvalue weighted by Gasteiger charge is 2.18. The number of nitrogens with one attached hydrogen (secondary N) is 1. The van der Waals surface area contributed by atoms with E-state index in [1.165, 1.54) is 0 Å². The van der Waals surface area contributed by atoms with Gasteiger partial charge in [-0.15, -0.1) is 0 Å². The van der Waals surface area contributed by atoms with Crippen LogP contribution in [0.15, 0.2) is 12.2 Å². The van der Waals surface area contributed by atoms with Crippen LogP contribution in [0, 0.1) is 0 Å². The third-order valence-electron chi connectivity index (χ3n) is 2.06. The van der Waals surface area contributed by atoms with Crippen LogP contribution in [0.2, 0.25) is 0 Å². The number of alkyl carbamates (subject to hydrolysis) is 1. The molecule has 0 aliphatic carbocycles. The van der Waals surface area contributed by atoms with Gasteiger partial charge in [-0.1, -0.05) is 6.08 Å². The fourth-order valence-corrected chi connectivity index (χ4v) is 1.37. The van der Waals surface area contributed by atoms with Gasteiger partial charge in [0.15, 0.2) is 0 Å². The van der Waals surface area contributed by atoms with Crippen molar-refractivity contribution in [3.05, 3.63) is 12.2 Å². The summed E-state index contributed by atoms with van der Waals surface area (Å²) in [5, 5.41) is 2.77. The summed E-state index contributed by atoms with van der Waals surface area (Å²) < 4.78 is 10.6.